The number of hydrogen-bond acceptors (Lipinski definition) is 6. The molecule has 1 atom stereocenters. The predicted molar refractivity (Wildman–Crippen MR) is 114 cm³/mol. The number of piperidine rings is 1. The molecule has 5 rings (SSSR count). The van der Waals surface area contributed by atoms with E-state index >= 15 is 0 Å². The summed E-state index contributed by atoms with van der Waals surface area (Å²) < 4.78 is 11.6. The van der Waals surface area contributed by atoms with E-state index in [4.69, 9.17) is 9.47 Å². The Labute approximate surface area is 182 Å². The van der Waals surface area contributed by atoms with E-state index in [0.717, 1.165) is 70.2 Å². The van der Waals surface area contributed by atoms with Crippen molar-refractivity contribution in [3.05, 3.63) is 59.1 Å². The molecule has 4 heterocycles. The van der Waals surface area contributed by atoms with Crippen LogP contribution in [0.1, 0.15) is 28.8 Å². The number of carbonyl (C=O) groups is 1. The zero-order chi connectivity index (χ0) is 21.2. The van der Waals surface area contributed by atoms with Crippen LogP contribution < -0.4 is 14.2 Å². The first-order valence-electron chi connectivity index (χ1n) is 11.0. The van der Waals surface area contributed by atoms with Crippen molar-refractivity contribution in [3.63, 3.8) is 0 Å². The number of likely N-dealkylation sites (tertiary alicyclic amines) is 1. The number of nitrogens with zero attached hydrogens (tertiary/aromatic N) is 4. The SMILES string of the molecule is O=C(c1cc[n+]([O-])cc1)N1CCC[C@@H](N2CCN(Cc3ccc4c(c3)OCO4)CC2)C1. The summed E-state index contributed by atoms with van der Waals surface area (Å²) in [6.45, 7) is 6.81. The van der Waals surface area contributed by atoms with Crippen molar-refractivity contribution < 1.29 is 19.0 Å². The maximum Gasteiger partial charge on any atom is 0.254 e. The number of fused-ring (bicyclic) bond motifs is 1. The maximum absolute atomic E-state index is 12.8. The summed E-state index contributed by atoms with van der Waals surface area (Å²) in [5.74, 6) is 1.69. The number of ether oxygens (including phenoxy) is 2. The Morgan fingerprint density at radius 1 is 1.03 bits per heavy atom. The second-order valence-electron chi connectivity index (χ2n) is 8.49. The van der Waals surface area contributed by atoms with Gasteiger partial charge in [0.15, 0.2) is 23.9 Å². The molecule has 1 aromatic carbocycles. The summed E-state index contributed by atoms with van der Waals surface area (Å²) in [4.78, 5) is 19.8. The van der Waals surface area contributed by atoms with Crippen molar-refractivity contribution in [1.82, 2.24) is 14.7 Å². The molecule has 0 unspecified atom stereocenters. The van der Waals surface area contributed by atoms with Gasteiger partial charge in [-0.2, -0.15) is 4.73 Å². The van der Waals surface area contributed by atoms with Crippen LogP contribution in [-0.2, 0) is 6.54 Å². The fourth-order valence-corrected chi connectivity index (χ4v) is 4.76. The van der Waals surface area contributed by atoms with Gasteiger partial charge in [-0.3, -0.25) is 14.6 Å². The highest BCUT2D eigenvalue weighted by atomic mass is 16.7. The lowest BCUT2D eigenvalue weighted by atomic mass is 10.0. The van der Waals surface area contributed by atoms with E-state index in [9.17, 15) is 10.0 Å². The van der Waals surface area contributed by atoms with Crippen molar-refractivity contribution in [1.29, 1.82) is 0 Å². The van der Waals surface area contributed by atoms with Gasteiger partial charge in [0.25, 0.3) is 5.91 Å². The molecule has 0 radical (unpaired) electrons. The summed E-state index contributed by atoms with van der Waals surface area (Å²) >= 11 is 0. The molecule has 3 aliphatic heterocycles. The zero-order valence-corrected chi connectivity index (χ0v) is 17.6. The van der Waals surface area contributed by atoms with E-state index in [-0.39, 0.29) is 5.91 Å². The van der Waals surface area contributed by atoms with Crippen LogP contribution in [0.2, 0.25) is 0 Å². The molecule has 0 aliphatic carbocycles. The number of benzene rings is 1. The van der Waals surface area contributed by atoms with Gasteiger partial charge in [-0.25, -0.2) is 0 Å². The third-order valence-electron chi connectivity index (χ3n) is 6.50. The smallest absolute Gasteiger partial charge is 0.254 e. The predicted octanol–water partition coefficient (Wildman–Crippen LogP) is 1.47. The Morgan fingerprint density at radius 3 is 2.61 bits per heavy atom. The van der Waals surface area contributed by atoms with E-state index in [1.165, 1.54) is 18.0 Å². The first kappa shape index (κ1) is 20.1. The van der Waals surface area contributed by atoms with Crippen LogP contribution in [-0.4, -0.2) is 72.7 Å². The molecule has 2 saturated heterocycles. The zero-order valence-electron chi connectivity index (χ0n) is 17.6. The minimum atomic E-state index is 0.0201. The highest BCUT2D eigenvalue weighted by molar-refractivity contribution is 5.94. The number of aromatic nitrogens is 1. The van der Waals surface area contributed by atoms with E-state index in [0.29, 0.717) is 23.1 Å². The van der Waals surface area contributed by atoms with Gasteiger partial charge in [0.2, 0.25) is 6.79 Å². The lowest BCUT2D eigenvalue weighted by molar-refractivity contribution is -0.605. The van der Waals surface area contributed by atoms with Gasteiger partial charge in [-0.05, 0) is 30.5 Å². The van der Waals surface area contributed by atoms with Crippen molar-refractivity contribution in [2.24, 2.45) is 0 Å². The van der Waals surface area contributed by atoms with Crippen LogP contribution in [0.15, 0.2) is 42.7 Å². The molecule has 0 N–H and O–H groups in total. The summed E-state index contributed by atoms with van der Waals surface area (Å²) in [6, 6.07) is 9.80. The number of pyridine rings is 1. The molecule has 1 amide bonds. The maximum atomic E-state index is 12.8. The lowest BCUT2D eigenvalue weighted by Crippen LogP contribution is -2.55. The Kier molecular flexibility index (Phi) is 5.65. The second-order valence-corrected chi connectivity index (χ2v) is 8.49. The third-order valence-corrected chi connectivity index (χ3v) is 6.50. The highest BCUT2D eigenvalue weighted by Crippen LogP contribution is 2.33. The van der Waals surface area contributed by atoms with E-state index in [2.05, 4.69) is 21.9 Å². The molecular formula is C23H28N4O4. The van der Waals surface area contributed by atoms with Crippen LogP contribution >= 0.6 is 0 Å². The van der Waals surface area contributed by atoms with Gasteiger partial charge in [0.1, 0.15) is 0 Å². The summed E-state index contributed by atoms with van der Waals surface area (Å²) in [6.07, 6.45) is 4.91. The summed E-state index contributed by atoms with van der Waals surface area (Å²) in [7, 11) is 0. The lowest BCUT2D eigenvalue weighted by Gasteiger charge is -2.43. The molecule has 2 fully saturated rings. The normalized spacial score (nSPS) is 21.9. The van der Waals surface area contributed by atoms with Gasteiger partial charge >= 0.3 is 0 Å². The van der Waals surface area contributed by atoms with Gasteiger partial charge < -0.3 is 19.6 Å². The highest BCUT2D eigenvalue weighted by Gasteiger charge is 2.30. The van der Waals surface area contributed by atoms with Crippen LogP contribution in [0.4, 0.5) is 0 Å². The standard InChI is InChI=1S/C23H28N4O4/c28-23(19-5-8-27(29)9-6-19)26-7-1-2-20(16-26)25-12-10-24(11-13-25)15-18-3-4-21-22(14-18)31-17-30-21/h3-6,8-9,14,20H,1-2,7,10-13,15-17H2/t20-/m1/s1. The molecule has 3 aliphatic rings. The average molecular weight is 425 g/mol. The molecule has 0 bridgehead atoms. The molecule has 0 spiro atoms. The van der Waals surface area contributed by atoms with Crippen molar-refractivity contribution in [2.75, 3.05) is 46.1 Å². The molecular weight excluding hydrogens is 396 g/mol. The van der Waals surface area contributed by atoms with Gasteiger partial charge in [-0.15, -0.1) is 0 Å². The fourth-order valence-electron chi connectivity index (χ4n) is 4.76. The number of amides is 1. The molecule has 8 heteroatoms. The molecule has 31 heavy (non-hydrogen) atoms. The Balaban J connectivity index is 1.14. The Bertz CT molecular complexity index is 928. The summed E-state index contributed by atoms with van der Waals surface area (Å²) in [5.41, 5.74) is 1.83. The quantitative estimate of drug-likeness (QED) is 0.547. The topological polar surface area (TPSA) is 72.2 Å². The minimum Gasteiger partial charge on any atom is -0.619 e. The van der Waals surface area contributed by atoms with E-state index < -0.39 is 0 Å². The Morgan fingerprint density at radius 2 is 1.81 bits per heavy atom. The molecule has 2 aromatic rings. The molecule has 0 saturated carbocycles. The fraction of sp³-hybridized carbons (Fsp3) is 0.478. The average Bonchev–Trinajstić information content (AvgIpc) is 3.28. The van der Waals surface area contributed by atoms with Gasteiger partial charge in [-0.1, -0.05) is 6.07 Å². The number of carbonyl (C=O) groups excluding carboxylic acids is 1. The largest absolute Gasteiger partial charge is 0.619 e. The van der Waals surface area contributed by atoms with Gasteiger partial charge in [0.05, 0.1) is 5.56 Å². The van der Waals surface area contributed by atoms with Crippen molar-refractivity contribution in [3.8, 4) is 11.5 Å². The summed E-state index contributed by atoms with van der Waals surface area (Å²) in [5, 5.41) is 11.2. The second kappa shape index (κ2) is 8.72. The number of rotatable bonds is 4. The molecule has 164 valence electrons. The van der Waals surface area contributed by atoms with Crippen LogP contribution in [0, 0.1) is 5.21 Å². The van der Waals surface area contributed by atoms with Crippen molar-refractivity contribution in [2.45, 2.75) is 25.4 Å². The minimum absolute atomic E-state index is 0.0201. The first-order valence-corrected chi connectivity index (χ1v) is 11.0. The van der Waals surface area contributed by atoms with Crippen molar-refractivity contribution >= 4 is 5.91 Å². The Hall–Kier alpha value is -2.84. The first-order chi connectivity index (χ1) is 15.2. The number of piperazine rings is 1. The van der Waals surface area contributed by atoms with Crippen LogP contribution in [0.25, 0.3) is 0 Å². The van der Waals surface area contributed by atoms with Gasteiger partial charge in [0, 0.05) is 64.0 Å². The van der Waals surface area contributed by atoms with E-state index in [1.54, 1.807) is 12.1 Å². The van der Waals surface area contributed by atoms with Crippen LogP contribution in [0.5, 0.6) is 11.5 Å². The monoisotopic (exact) mass is 424 g/mol. The molecule has 1 aromatic heterocycles. The third kappa shape index (κ3) is 4.45. The van der Waals surface area contributed by atoms with Crippen LogP contribution in [0.3, 0.4) is 0 Å². The molecule has 8 nitrogen and oxygen atoms in total. The van der Waals surface area contributed by atoms with E-state index in [1.807, 2.05) is 11.0 Å². The number of hydrogen-bond donors (Lipinski definition) is 0.